The van der Waals surface area contributed by atoms with Crippen LogP contribution in [0, 0.1) is 0 Å². The summed E-state index contributed by atoms with van der Waals surface area (Å²) in [5.74, 6) is 0.399. The Morgan fingerprint density at radius 1 is 1.69 bits per heavy atom. The largest absolute Gasteiger partial charge is 0.363 e. The number of nitrogens with one attached hydrogen (secondary N) is 2. The van der Waals surface area contributed by atoms with E-state index in [1.165, 1.54) is 6.26 Å². The van der Waals surface area contributed by atoms with Gasteiger partial charge >= 0.3 is 0 Å². The molecular weight excluding hydrogens is 170 g/mol. The van der Waals surface area contributed by atoms with Gasteiger partial charge < -0.3 is 15.2 Å². The van der Waals surface area contributed by atoms with Gasteiger partial charge in [0.25, 0.3) is 0 Å². The fraction of sp³-hybridized carbons (Fsp3) is 0.500. The summed E-state index contributed by atoms with van der Waals surface area (Å²) in [5, 5.41) is 9.21. The van der Waals surface area contributed by atoms with E-state index >= 15 is 0 Å². The summed E-state index contributed by atoms with van der Waals surface area (Å²) in [6, 6.07) is 1.60. The molecule has 1 amide bonds. The van der Waals surface area contributed by atoms with Crippen LogP contribution in [0.5, 0.6) is 0 Å². The summed E-state index contributed by atoms with van der Waals surface area (Å²) in [6.45, 7) is 3.55. The number of nitrogens with zero attached hydrogens (tertiary/aromatic N) is 1. The highest BCUT2D eigenvalue weighted by atomic mass is 16.5. The van der Waals surface area contributed by atoms with Gasteiger partial charge in [-0.25, -0.2) is 0 Å². The third kappa shape index (κ3) is 3.71. The minimum atomic E-state index is -0.0603. The quantitative estimate of drug-likeness (QED) is 0.656. The molecule has 0 saturated carbocycles. The van der Waals surface area contributed by atoms with E-state index in [-0.39, 0.29) is 5.91 Å². The predicted octanol–water partition coefficient (Wildman–Crippen LogP) is 0.613. The lowest BCUT2D eigenvalue weighted by Gasteiger charge is -2.01. The van der Waals surface area contributed by atoms with Gasteiger partial charge in [0.05, 0.1) is 0 Å². The lowest BCUT2D eigenvalue weighted by molar-refractivity contribution is -0.116. The number of hydrogen-bond acceptors (Lipinski definition) is 4. The van der Waals surface area contributed by atoms with Crippen molar-refractivity contribution in [2.45, 2.75) is 13.3 Å². The van der Waals surface area contributed by atoms with Crippen LogP contribution in [0.1, 0.15) is 13.3 Å². The van der Waals surface area contributed by atoms with Crippen LogP contribution in [0.15, 0.2) is 16.9 Å². The number of carbonyl (C=O) groups is 1. The van der Waals surface area contributed by atoms with Gasteiger partial charge in [0, 0.05) is 19.0 Å². The third-order valence-corrected chi connectivity index (χ3v) is 1.48. The van der Waals surface area contributed by atoms with Gasteiger partial charge in [0.1, 0.15) is 6.26 Å². The van der Waals surface area contributed by atoms with Crippen LogP contribution < -0.4 is 10.6 Å². The first-order valence-corrected chi connectivity index (χ1v) is 4.24. The van der Waals surface area contributed by atoms with Crippen LogP contribution in [-0.2, 0) is 4.79 Å². The first-order valence-electron chi connectivity index (χ1n) is 4.24. The van der Waals surface area contributed by atoms with Crippen LogP contribution in [-0.4, -0.2) is 24.2 Å². The SMILES string of the molecule is CCNCCC(=O)Nc1ccon1. The van der Waals surface area contributed by atoms with Gasteiger partial charge in [-0.3, -0.25) is 4.79 Å². The molecule has 5 heteroatoms. The second-order valence-corrected chi connectivity index (χ2v) is 2.54. The van der Waals surface area contributed by atoms with Crippen LogP contribution >= 0.6 is 0 Å². The van der Waals surface area contributed by atoms with E-state index in [4.69, 9.17) is 0 Å². The lowest BCUT2D eigenvalue weighted by atomic mass is 10.4. The van der Waals surface area contributed by atoms with Crippen molar-refractivity contribution in [3.05, 3.63) is 12.3 Å². The normalized spacial score (nSPS) is 9.92. The molecule has 0 aliphatic heterocycles. The molecule has 0 unspecified atom stereocenters. The third-order valence-electron chi connectivity index (χ3n) is 1.48. The van der Waals surface area contributed by atoms with Crippen LogP contribution in [0.25, 0.3) is 0 Å². The predicted molar refractivity (Wildman–Crippen MR) is 48.3 cm³/mol. The van der Waals surface area contributed by atoms with Crippen molar-refractivity contribution in [1.82, 2.24) is 10.5 Å². The maximum absolute atomic E-state index is 11.2. The minimum Gasteiger partial charge on any atom is -0.363 e. The highest BCUT2D eigenvalue weighted by Crippen LogP contribution is 2.00. The average Bonchev–Trinajstić information content (AvgIpc) is 2.57. The number of amides is 1. The summed E-state index contributed by atoms with van der Waals surface area (Å²) in [5.41, 5.74) is 0. The molecule has 0 fully saturated rings. The molecule has 0 saturated heterocycles. The molecule has 0 aliphatic carbocycles. The minimum absolute atomic E-state index is 0.0603. The summed E-state index contributed by atoms with van der Waals surface area (Å²) < 4.78 is 4.56. The van der Waals surface area contributed by atoms with Crippen molar-refractivity contribution in [2.75, 3.05) is 18.4 Å². The lowest BCUT2D eigenvalue weighted by Crippen LogP contribution is -2.21. The molecule has 1 heterocycles. The highest BCUT2D eigenvalue weighted by molar-refractivity contribution is 5.89. The molecule has 0 aromatic carbocycles. The fourth-order valence-corrected chi connectivity index (χ4v) is 0.861. The Balaban J connectivity index is 2.18. The van der Waals surface area contributed by atoms with Crippen LogP contribution in [0.2, 0.25) is 0 Å². The Bertz CT molecular complexity index is 246. The molecule has 2 N–H and O–H groups in total. The Morgan fingerprint density at radius 2 is 2.54 bits per heavy atom. The average molecular weight is 183 g/mol. The standard InChI is InChI=1S/C8H13N3O2/c1-2-9-5-3-8(12)10-7-4-6-13-11-7/h4,6,9H,2-3,5H2,1H3,(H,10,11,12). The van der Waals surface area contributed by atoms with Crippen molar-refractivity contribution in [3.63, 3.8) is 0 Å². The summed E-state index contributed by atoms with van der Waals surface area (Å²) in [6.07, 6.45) is 1.86. The molecule has 0 aliphatic rings. The molecule has 5 nitrogen and oxygen atoms in total. The first-order chi connectivity index (χ1) is 6.33. The topological polar surface area (TPSA) is 67.2 Å². The van der Waals surface area contributed by atoms with Gasteiger partial charge in [-0.2, -0.15) is 0 Å². The van der Waals surface area contributed by atoms with Gasteiger partial charge in [0.2, 0.25) is 5.91 Å². The maximum atomic E-state index is 11.2. The molecule has 1 aromatic heterocycles. The zero-order valence-electron chi connectivity index (χ0n) is 7.54. The van der Waals surface area contributed by atoms with E-state index in [2.05, 4.69) is 20.3 Å². The number of carbonyl (C=O) groups excluding carboxylic acids is 1. The zero-order valence-corrected chi connectivity index (χ0v) is 7.54. The van der Waals surface area contributed by atoms with Crippen molar-refractivity contribution in [1.29, 1.82) is 0 Å². The maximum Gasteiger partial charge on any atom is 0.226 e. The Morgan fingerprint density at radius 3 is 3.15 bits per heavy atom. The number of rotatable bonds is 5. The first kappa shape index (κ1) is 9.73. The molecule has 1 rings (SSSR count). The fourth-order valence-electron chi connectivity index (χ4n) is 0.861. The summed E-state index contributed by atoms with van der Waals surface area (Å²) in [4.78, 5) is 11.2. The van der Waals surface area contributed by atoms with Crippen LogP contribution in [0.3, 0.4) is 0 Å². The number of hydrogen-bond donors (Lipinski definition) is 2. The Kier molecular flexibility index (Phi) is 3.98. The zero-order chi connectivity index (χ0) is 9.52. The monoisotopic (exact) mass is 183 g/mol. The Labute approximate surface area is 76.5 Å². The second kappa shape index (κ2) is 5.31. The number of aromatic nitrogens is 1. The van der Waals surface area contributed by atoms with Gasteiger partial charge in [-0.1, -0.05) is 12.1 Å². The van der Waals surface area contributed by atoms with E-state index in [9.17, 15) is 4.79 Å². The van der Waals surface area contributed by atoms with E-state index in [1.54, 1.807) is 6.07 Å². The summed E-state index contributed by atoms with van der Waals surface area (Å²) >= 11 is 0. The molecule has 1 aromatic rings. The molecule has 0 spiro atoms. The molecule has 0 radical (unpaired) electrons. The molecular formula is C8H13N3O2. The van der Waals surface area contributed by atoms with E-state index in [0.29, 0.717) is 18.8 Å². The van der Waals surface area contributed by atoms with Crippen molar-refractivity contribution in [2.24, 2.45) is 0 Å². The summed E-state index contributed by atoms with van der Waals surface area (Å²) in [7, 11) is 0. The second-order valence-electron chi connectivity index (χ2n) is 2.54. The van der Waals surface area contributed by atoms with Crippen LogP contribution in [0.4, 0.5) is 5.82 Å². The number of anilines is 1. The van der Waals surface area contributed by atoms with E-state index in [1.807, 2.05) is 6.92 Å². The molecule has 13 heavy (non-hydrogen) atoms. The van der Waals surface area contributed by atoms with Gasteiger partial charge in [-0.05, 0) is 6.54 Å². The highest BCUT2D eigenvalue weighted by Gasteiger charge is 2.02. The van der Waals surface area contributed by atoms with Crippen molar-refractivity contribution in [3.8, 4) is 0 Å². The molecule has 0 bridgehead atoms. The smallest absolute Gasteiger partial charge is 0.226 e. The van der Waals surface area contributed by atoms with Crippen molar-refractivity contribution >= 4 is 11.7 Å². The van der Waals surface area contributed by atoms with Gasteiger partial charge in [0.15, 0.2) is 5.82 Å². The van der Waals surface area contributed by atoms with Crippen molar-refractivity contribution < 1.29 is 9.32 Å². The Hall–Kier alpha value is -1.36. The molecule has 0 atom stereocenters. The van der Waals surface area contributed by atoms with E-state index in [0.717, 1.165) is 6.54 Å². The molecule has 72 valence electrons. The van der Waals surface area contributed by atoms with E-state index < -0.39 is 0 Å². The van der Waals surface area contributed by atoms with Gasteiger partial charge in [-0.15, -0.1) is 0 Å².